The van der Waals surface area contributed by atoms with Gasteiger partial charge in [-0.15, -0.1) is 11.6 Å². The van der Waals surface area contributed by atoms with Crippen molar-refractivity contribution in [1.82, 2.24) is 0 Å². The molecular formula is C14H21ClO2S. The Balaban J connectivity index is 2.95. The van der Waals surface area contributed by atoms with Crippen molar-refractivity contribution in [3.05, 3.63) is 34.4 Å². The third-order valence-electron chi connectivity index (χ3n) is 3.12. The SMILES string of the molecule is CCCCS(=O)(=O)Cc1cc(C)c(CCl)cc1C. The predicted octanol–water partition coefficient (Wildman–Crippen LogP) is 3.76. The summed E-state index contributed by atoms with van der Waals surface area (Å²) in [5.74, 6) is 0.886. The number of aryl methyl sites for hydroxylation is 2. The van der Waals surface area contributed by atoms with E-state index < -0.39 is 9.84 Å². The Hall–Kier alpha value is -0.540. The predicted molar refractivity (Wildman–Crippen MR) is 77.9 cm³/mol. The van der Waals surface area contributed by atoms with E-state index in [1.165, 1.54) is 0 Å². The van der Waals surface area contributed by atoms with E-state index in [9.17, 15) is 8.42 Å². The molecule has 0 radical (unpaired) electrons. The van der Waals surface area contributed by atoms with E-state index >= 15 is 0 Å². The molecule has 0 aliphatic rings. The van der Waals surface area contributed by atoms with Crippen LogP contribution in [0.25, 0.3) is 0 Å². The molecule has 2 nitrogen and oxygen atoms in total. The van der Waals surface area contributed by atoms with Crippen molar-refractivity contribution < 1.29 is 8.42 Å². The van der Waals surface area contributed by atoms with Gasteiger partial charge in [-0.05, 0) is 42.5 Å². The molecule has 0 bridgehead atoms. The average molecular weight is 289 g/mol. The molecule has 1 aromatic rings. The molecule has 1 rings (SSSR count). The van der Waals surface area contributed by atoms with Crippen LogP contribution in [0.5, 0.6) is 0 Å². The molecule has 4 heteroatoms. The van der Waals surface area contributed by atoms with Gasteiger partial charge >= 0.3 is 0 Å². The van der Waals surface area contributed by atoms with Crippen molar-refractivity contribution in [1.29, 1.82) is 0 Å². The summed E-state index contributed by atoms with van der Waals surface area (Å²) in [6.07, 6.45) is 1.64. The molecule has 0 saturated heterocycles. The third kappa shape index (κ3) is 4.29. The van der Waals surface area contributed by atoms with Crippen LogP contribution < -0.4 is 0 Å². The fourth-order valence-electron chi connectivity index (χ4n) is 1.91. The summed E-state index contributed by atoms with van der Waals surface area (Å²) >= 11 is 5.84. The Bertz CT molecular complexity index is 507. The first kappa shape index (κ1) is 15.5. The Labute approximate surface area is 115 Å². The maximum absolute atomic E-state index is 12.0. The summed E-state index contributed by atoms with van der Waals surface area (Å²) in [7, 11) is -2.99. The van der Waals surface area contributed by atoms with E-state index in [0.29, 0.717) is 5.88 Å². The Morgan fingerprint density at radius 2 is 1.67 bits per heavy atom. The molecule has 0 unspecified atom stereocenters. The molecule has 1 aromatic carbocycles. The maximum Gasteiger partial charge on any atom is 0.154 e. The minimum Gasteiger partial charge on any atom is -0.228 e. The second-order valence-corrected chi connectivity index (χ2v) is 7.24. The van der Waals surface area contributed by atoms with E-state index in [4.69, 9.17) is 11.6 Å². The van der Waals surface area contributed by atoms with Crippen LogP contribution in [0.4, 0.5) is 0 Å². The number of halogens is 1. The number of alkyl halides is 1. The van der Waals surface area contributed by atoms with Crippen molar-refractivity contribution in [3.8, 4) is 0 Å². The van der Waals surface area contributed by atoms with Crippen LogP contribution in [-0.2, 0) is 21.5 Å². The Kier molecular flexibility index (Phi) is 5.67. The maximum atomic E-state index is 12.0. The molecule has 0 N–H and O–H groups in total. The van der Waals surface area contributed by atoms with Crippen LogP contribution in [0.15, 0.2) is 12.1 Å². The van der Waals surface area contributed by atoms with Crippen LogP contribution in [0.1, 0.15) is 42.0 Å². The van der Waals surface area contributed by atoms with Gasteiger partial charge in [0.1, 0.15) is 0 Å². The molecule has 0 aliphatic carbocycles. The van der Waals surface area contributed by atoms with Crippen molar-refractivity contribution in [3.63, 3.8) is 0 Å². The smallest absolute Gasteiger partial charge is 0.154 e. The minimum absolute atomic E-state index is 0.141. The van der Waals surface area contributed by atoms with Crippen LogP contribution in [0, 0.1) is 13.8 Å². The zero-order valence-corrected chi connectivity index (χ0v) is 12.9. The second-order valence-electron chi connectivity index (χ2n) is 4.78. The van der Waals surface area contributed by atoms with E-state index in [-0.39, 0.29) is 11.5 Å². The highest BCUT2D eigenvalue weighted by Crippen LogP contribution is 2.20. The highest BCUT2D eigenvalue weighted by Gasteiger charge is 2.14. The second kappa shape index (κ2) is 6.58. The van der Waals surface area contributed by atoms with Gasteiger partial charge in [-0.25, -0.2) is 8.42 Å². The van der Waals surface area contributed by atoms with Gasteiger partial charge in [0.05, 0.1) is 11.5 Å². The van der Waals surface area contributed by atoms with Crippen molar-refractivity contribution in [2.75, 3.05) is 5.75 Å². The van der Waals surface area contributed by atoms with Gasteiger partial charge in [-0.2, -0.15) is 0 Å². The van der Waals surface area contributed by atoms with Gasteiger partial charge in [0.15, 0.2) is 9.84 Å². The molecular weight excluding hydrogens is 268 g/mol. The number of benzene rings is 1. The van der Waals surface area contributed by atoms with Gasteiger partial charge in [0.2, 0.25) is 0 Å². The molecule has 102 valence electrons. The molecule has 0 fully saturated rings. The summed E-state index contributed by atoms with van der Waals surface area (Å²) in [6, 6.07) is 3.95. The summed E-state index contributed by atoms with van der Waals surface area (Å²) in [5, 5.41) is 0. The lowest BCUT2D eigenvalue weighted by Gasteiger charge is -2.11. The average Bonchev–Trinajstić information content (AvgIpc) is 2.30. The number of unbranched alkanes of at least 4 members (excludes halogenated alkanes) is 1. The molecule has 0 amide bonds. The number of sulfone groups is 1. The Morgan fingerprint density at radius 1 is 1.11 bits per heavy atom. The fraction of sp³-hybridized carbons (Fsp3) is 0.571. The molecule has 0 heterocycles. The van der Waals surface area contributed by atoms with Gasteiger partial charge in [0.25, 0.3) is 0 Å². The van der Waals surface area contributed by atoms with Crippen molar-refractivity contribution >= 4 is 21.4 Å². The summed E-state index contributed by atoms with van der Waals surface area (Å²) in [6.45, 7) is 5.92. The zero-order chi connectivity index (χ0) is 13.8. The van der Waals surface area contributed by atoms with Gasteiger partial charge in [0, 0.05) is 5.88 Å². The quantitative estimate of drug-likeness (QED) is 0.747. The standard InChI is InChI=1S/C14H21ClO2S/c1-4-5-6-18(16,17)10-14-8-11(2)13(9-15)7-12(14)3/h7-8H,4-6,9-10H2,1-3H3. The van der Waals surface area contributed by atoms with E-state index in [1.807, 2.05) is 32.9 Å². The van der Waals surface area contributed by atoms with Crippen LogP contribution in [0.2, 0.25) is 0 Å². The molecule has 18 heavy (non-hydrogen) atoms. The largest absolute Gasteiger partial charge is 0.228 e. The zero-order valence-electron chi connectivity index (χ0n) is 11.3. The first-order valence-electron chi connectivity index (χ1n) is 6.25. The normalized spacial score (nSPS) is 11.8. The molecule has 0 spiro atoms. The van der Waals surface area contributed by atoms with Crippen LogP contribution >= 0.6 is 11.6 Å². The van der Waals surface area contributed by atoms with Gasteiger partial charge < -0.3 is 0 Å². The molecule has 0 atom stereocenters. The lowest BCUT2D eigenvalue weighted by Crippen LogP contribution is -2.10. The first-order valence-corrected chi connectivity index (χ1v) is 8.60. The lowest BCUT2D eigenvalue weighted by molar-refractivity contribution is 0.591. The van der Waals surface area contributed by atoms with E-state index in [2.05, 4.69) is 0 Å². The molecule has 0 saturated carbocycles. The third-order valence-corrected chi connectivity index (χ3v) is 5.07. The topological polar surface area (TPSA) is 34.1 Å². The van der Waals surface area contributed by atoms with Crippen molar-refractivity contribution in [2.24, 2.45) is 0 Å². The number of hydrogen-bond donors (Lipinski definition) is 0. The van der Waals surface area contributed by atoms with Gasteiger partial charge in [-0.1, -0.05) is 25.5 Å². The highest BCUT2D eigenvalue weighted by molar-refractivity contribution is 7.90. The molecule has 0 aromatic heterocycles. The van der Waals surface area contributed by atoms with Crippen LogP contribution in [0.3, 0.4) is 0 Å². The highest BCUT2D eigenvalue weighted by atomic mass is 35.5. The monoisotopic (exact) mass is 288 g/mol. The van der Waals surface area contributed by atoms with E-state index in [0.717, 1.165) is 35.1 Å². The number of rotatable bonds is 6. The Morgan fingerprint density at radius 3 is 2.22 bits per heavy atom. The van der Waals surface area contributed by atoms with E-state index in [1.54, 1.807) is 0 Å². The lowest BCUT2D eigenvalue weighted by atomic mass is 10.0. The number of hydrogen-bond acceptors (Lipinski definition) is 2. The minimum atomic E-state index is -2.99. The van der Waals surface area contributed by atoms with Crippen LogP contribution in [-0.4, -0.2) is 14.2 Å². The van der Waals surface area contributed by atoms with Gasteiger partial charge in [-0.3, -0.25) is 0 Å². The first-order chi connectivity index (χ1) is 8.39. The van der Waals surface area contributed by atoms with Crippen molar-refractivity contribution in [2.45, 2.75) is 45.2 Å². The summed E-state index contributed by atoms with van der Waals surface area (Å²) < 4.78 is 23.9. The fourth-order valence-corrected chi connectivity index (χ4v) is 3.85. The summed E-state index contributed by atoms with van der Waals surface area (Å²) in [5.41, 5.74) is 4.05. The molecule has 0 aliphatic heterocycles. The summed E-state index contributed by atoms with van der Waals surface area (Å²) in [4.78, 5) is 0.